The Morgan fingerprint density at radius 2 is 2.00 bits per heavy atom. The minimum absolute atomic E-state index is 0.109. The Morgan fingerprint density at radius 1 is 1.29 bits per heavy atom. The number of benzene rings is 1. The number of hydrogen-bond donors (Lipinski definition) is 1. The molecule has 2 rings (SSSR count). The van der Waals surface area contributed by atoms with E-state index in [0.717, 1.165) is 6.07 Å². The van der Waals surface area contributed by atoms with E-state index in [9.17, 15) is 13.2 Å². The number of nitrogens with zero attached hydrogens (tertiary/aromatic N) is 1. The van der Waals surface area contributed by atoms with Crippen LogP contribution in [0.4, 0.5) is 13.2 Å². The first-order valence-electron chi connectivity index (χ1n) is 3.68. The maximum Gasteiger partial charge on any atom is 0.417 e. The van der Waals surface area contributed by atoms with Gasteiger partial charge in [0.2, 0.25) is 0 Å². The van der Waals surface area contributed by atoms with Gasteiger partial charge in [-0.05, 0) is 34.7 Å². The fourth-order valence-corrected chi connectivity index (χ4v) is 1.87. The van der Waals surface area contributed by atoms with Gasteiger partial charge in [0, 0.05) is 8.96 Å². The van der Waals surface area contributed by atoms with Gasteiger partial charge >= 0.3 is 6.18 Å². The second-order valence-electron chi connectivity index (χ2n) is 2.78. The fraction of sp³-hybridized carbons (Fsp3) is 0.125. The summed E-state index contributed by atoms with van der Waals surface area (Å²) >= 11 is 1.84. The molecule has 74 valence electrons. The summed E-state index contributed by atoms with van der Waals surface area (Å²) < 4.78 is 38.1. The number of rotatable bonds is 0. The predicted octanol–water partition coefficient (Wildman–Crippen LogP) is 3.19. The van der Waals surface area contributed by atoms with E-state index in [4.69, 9.17) is 0 Å². The molecule has 1 N–H and O–H groups in total. The lowest BCUT2D eigenvalue weighted by Crippen LogP contribution is -2.05. The molecule has 6 heteroatoms. The van der Waals surface area contributed by atoms with Crippen molar-refractivity contribution in [2.45, 2.75) is 6.18 Å². The SMILES string of the molecule is FC(F)(F)c1cc(I)cc2[nH]ncc12. The Balaban J connectivity index is 2.80. The molecule has 1 aromatic carbocycles. The van der Waals surface area contributed by atoms with Crippen molar-refractivity contribution in [3.8, 4) is 0 Å². The second kappa shape index (κ2) is 3.11. The van der Waals surface area contributed by atoms with Crippen LogP contribution in [0.5, 0.6) is 0 Å². The molecule has 2 aromatic rings. The summed E-state index contributed by atoms with van der Waals surface area (Å²) in [5.74, 6) is 0. The Morgan fingerprint density at radius 3 is 2.64 bits per heavy atom. The zero-order valence-electron chi connectivity index (χ0n) is 6.69. The maximum absolute atomic E-state index is 12.5. The van der Waals surface area contributed by atoms with E-state index in [-0.39, 0.29) is 5.39 Å². The molecule has 0 unspecified atom stereocenters. The molecule has 0 bridgehead atoms. The van der Waals surface area contributed by atoms with Crippen LogP contribution in [-0.4, -0.2) is 10.2 Å². The fourth-order valence-electron chi connectivity index (χ4n) is 1.25. The van der Waals surface area contributed by atoms with Gasteiger partial charge in [-0.25, -0.2) is 0 Å². The highest BCUT2D eigenvalue weighted by atomic mass is 127. The van der Waals surface area contributed by atoms with Crippen LogP contribution in [0, 0.1) is 3.57 Å². The van der Waals surface area contributed by atoms with Gasteiger partial charge in [-0.1, -0.05) is 0 Å². The van der Waals surface area contributed by atoms with Gasteiger partial charge in [-0.2, -0.15) is 18.3 Å². The highest BCUT2D eigenvalue weighted by molar-refractivity contribution is 14.1. The summed E-state index contributed by atoms with van der Waals surface area (Å²) in [6.07, 6.45) is -3.14. The molecule has 0 saturated heterocycles. The standard InChI is InChI=1S/C8H4F3IN2/c9-8(10,11)6-1-4(12)2-7-5(6)3-13-14-7/h1-3H,(H,13,14). The molecule has 14 heavy (non-hydrogen) atoms. The van der Waals surface area contributed by atoms with E-state index in [0.29, 0.717) is 9.09 Å². The normalized spacial score (nSPS) is 12.3. The highest BCUT2D eigenvalue weighted by Gasteiger charge is 2.33. The summed E-state index contributed by atoms with van der Waals surface area (Å²) in [6, 6.07) is 2.73. The smallest absolute Gasteiger partial charge is 0.278 e. The molecule has 2 nitrogen and oxygen atoms in total. The monoisotopic (exact) mass is 312 g/mol. The zero-order valence-corrected chi connectivity index (χ0v) is 8.85. The van der Waals surface area contributed by atoms with Crippen molar-refractivity contribution in [3.05, 3.63) is 27.5 Å². The molecule has 0 radical (unpaired) electrons. The molecule has 0 atom stereocenters. The average molecular weight is 312 g/mol. The second-order valence-corrected chi connectivity index (χ2v) is 4.03. The summed E-state index contributed by atoms with van der Waals surface area (Å²) in [5.41, 5.74) is -0.239. The van der Waals surface area contributed by atoms with Crippen LogP contribution >= 0.6 is 22.6 Å². The molecule has 0 aliphatic rings. The van der Waals surface area contributed by atoms with E-state index in [1.165, 1.54) is 6.20 Å². The Hall–Kier alpha value is -0.790. The number of alkyl halides is 3. The summed E-state index contributed by atoms with van der Waals surface area (Å²) in [6.45, 7) is 0. The van der Waals surface area contributed by atoms with Gasteiger partial charge in [0.05, 0.1) is 17.3 Å². The molecular formula is C8H4F3IN2. The minimum atomic E-state index is -4.33. The van der Waals surface area contributed by atoms with Crippen molar-refractivity contribution < 1.29 is 13.2 Å². The van der Waals surface area contributed by atoms with Crippen LogP contribution in [0.15, 0.2) is 18.3 Å². The lowest BCUT2D eigenvalue weighted by Gasteiger charge is -2.07. The van der Waals surface area contributed by atoms with Gasteiger partial charge in [0.1, 0.15) is 0 Å². The molecule has 0 amide bonds. The maximum atomic E-state index is 12.5. The largest absolute Gasteiger partial charge is 0.417 e. The summed E-state index contributed by atoms with van der Waals surface area (Å²) in [7, 11) is 0. The number of aromatic nitrogens is 2. The van der Waals surface area contributed by atoms with Crippen LogP contribution in [0.2, 0.25) is 0 Å². The van der Waals surface area contributed by atoms with Crippen molar-refractivity contribution in [3.63, 3.8) is 0 Å². The number of nitrogens with one attached hydrogen (secondary N) is 1. The van der Waals surface area contributed by atoms with E-state index in [1.807, 2.05) is 22.6 Å². The van der Waals surface area contributed by atoms with Crippen molar-refractivity contribution in [2.24, 2.45) is 0 Å². The molecule has 0 fully saturated rings. The lowest BCUT2D eigenvalue weighted by molar-refractivity contribution is -0.136. The number of H-pyrrole nitrogens is 1. The number of hydrogen-bond acceptors (Lipinski definition) is 1. The first-order valence-corrected chi connectivity index (χ1v) is 4.76. The number of halogens is 4. The lowest BCUT2D eigenvalue weighted by atomic mass is 10.1. The highest BCUT2D eigenvalue weighted by Crippen LogP contribution is 2.35. The molecular weight excluding hydrogens is 308 g/mol. The van der Waals surface area contributed by atoms with Crippen molar-refractivity contribution >= 4 is 33.5 Å². The minimum Gasteiger partial charge on any atom is -0.278 e. The first-order chi connectivity index (χ1) is 6.48. The molecule has 0 aliphatic carbocycles. The third-order valence-electron chi connectivity index (χ3n) is 1.83. The van der Waals surface area contributed by atoms with Crippen molar-refractivity contribution in [1.29, 1.82) is 0 Å². The van der Waals surface area contributed by atoms with Crippen LogP contribution in [0.3, 0.4) is 0 Å². The van der Waals surface area contributed by atoms with Crippen LogP contribution in [0.25, 0.3) is 10.9 Å². The van der Waals surface area contributed by atoms with Crippen molar-refractivity contribution in [2.75, 3.05) is 0 Å². The van der Waals surface area contributed by atoms with E-state index in [2.05, 4.69) is 10.2 Å². The summed E-state index contributed by atoms with van der Waals surface area (Å²) in [5, 5.41) is 6.22. The molecule has 0 spiro atoms. The topological polar surface area (TPSA) is 28.7 Å². The van der Waals surface area contributed by atoms with Crippen molar-refractivity contribution in [1.82, 2.24) is 10.2 Å². The Labute approximate surface area is 90.6 Å². The Bertz CT molecular complexity index is 475. The van der Waals surface area contributed by atoms with Gasteiger partial charge in [-0.3, -0.25) is 5.10 Å². The molecule has 0 saturated carbocycles. The zero-order chi connectivity index (χ0) is 10.3. The van der Waals surface area contributed by atoms with Gasteiger partial charge in [0.25, 0.3) is 0 Å². The van der Waals surface area contributed by atoms with E-state index < -0.39 is 11.7 Å². The quantitative estimate of drug-likeness (QED) is 0.744. The first kappa shape index (κ1) is 9.75. The number of fused-ring (bicyclic) bond motifs is 1. The average Bonchev–Trinajstić information content (AvgIpc) is 2.47. The third-order valence-corrected chi connectivity index (χ3v) is 2.45. The van der Waals surface area contributed by atoms with E-state index in [1.54, 1.807) is 6.07 Å². The molecule has 1 heterocycles. The number of aromatic amines is 1. The van der Waals surface area contributed by atoms with Gasteiger partial charge < -0.3 is 0 Å². The van der Waals surface area contributed by atoms with Crippen LogP contribution in [-0.2, 0) is 6.18 Å². The van der Waals surface area contributed by atoms with Gasteiger partial charge in [-0.15, -0.1) is 0 Å². The predicted molar refractivity (Wildman–Crippen MR) is 53.8 cm³/mol. The summed E-state index contributed by atoms with van der Waals surface area (Å²) in [4.78, 5) is 0. The molecule has 1 aromatic heterocycles. The van der Waals surface area contributed by atoms with E-state index >= 15 is 0 Å². The molecule has 0 aliphatic heterocycles. The Kier molecular flexibility index (Phi) is 2.17. The van der Waals surface area contributed by atoms with Crippen LogP contribution in [0.1, 0.15) is 5.56 Å². The third kappa shape index (κ3) is 1.58. The van der Waals surface area contributed by atoms with Crippen LogP contribution < -0.4 is 0 Å². The van der Waals surface area contributed by atoms with Gasteiger partial charge in [0.15, 0.2) is 0 Å².